The van der Waals surface area contributed by atoms with Crippen LogP contribution in [0.4, 0.5) is 11.5 Å². The van der Waals surface area contributed by atoms with Crippen molar-refractivity contribution in [3.05, 3.63) is 47.6 Å². The maximum Gasteiger partial charge on any atom is 0.134 e. The first-order chi connectivity index (χ1) is 10.2. The van der Waals surface area contributed by atoms with Crippen LogP contribution in [0, 0.1) is 0 Å². The number of aromatic nitrogens is 1. The number of aromatic hydroxyl groups is 1. The zero-order chi connectivity index (χ0) is 14.7. The Hall–Kier alpha value is -1.94. The van der Waals surface area contributed by atoms with Gasteiger partial charge in [-0.15, -0.1) is 0 Å². The van der Waals surface area contributed by atoms with Crippen LogP contribution in [-0.2, 0) is 0 Å². The fraction of sp³-hybridized carbons (Fsp3) is 0.312. The van der Waals surface area contributed by atoms with Crippen LogP contribution in [-0.4, -0.2) is 29.2 Å². The number of phenols is 1. The van der Waals surface area contributed by atoms with Crippen molar-refractivity contribution in [1.82, 2.24) is 4.98 Å². The first-order valence-corrected chi connectivity index (χ1v) is 7.51. The molecule has 0 aliphatic carbocycles. The number of pyridine rings is 1. The highest BCUT2D eigenvalue weighted by Gasteiger charge is 2.19. The van der Waals surface area contributed by atoms with Gasteiger partial charge in [-0.2, -0.15) is 0 Å². The monoisotopic (exact) mass is 303 g/mol. The molecular weight excluding hydrogens is 286 g/mol. The van der Waals surface area contributed by atoms with Gasteiger partial charge in [0.2, 0.25) is 0 Å². The van der Waals surface area contributed by atoms with Gasteiger partial charge in [0.05, 0.1) is 5.02 Å². The number of nitrogens with one attached hydrogen (secondary N) is 1. The lowest BCUT2D eigenvalue weighted by Crippen LogP contribution is -2.39. The van der Waals surface area contributed by atoms with Crippen molar-refractivity contribution < 1.29 is 5.11 Å². The summed E-state index contributed by atoms with van der Waals surface area (Å²) in [5.74, 6) is 1.16. The zero-order valence-corrected chi connectivity index (χ0v) is 12.4. The highest BCUT2D eigenvalue weighted by atomic mass is 35.5. The van der Waals surface area contributed by atoms with E-state index in [1.54, 1.807) is 12.1 Å². The number of nitrogens with zero attached hydrogens (tertiary/aromatic N) is 2. The van der Waals surface area contributed by atoms with Crippen LogP contribution in [0.1, 0.15) is 12.8 Å². The molecule has 1 fully saturated rings. The van der Waals surface area contributed by atoms with E-state index in [0.717, 1.165) is 37.4 Å². The highest BCUT2D eigenvalue weighted by molar-refractivity contribution is 6.32. The van der Waals surface area contributed by atoms with E-state index in [-0.39, 0.29) is 5.75 Å². The Morgan fingerprint density at radius 2 is 2.00 bits per heavy atom. The van der Waals surface area contributed by atoms with Gasteiger partial charge in [0.1, 0.15) is 11.6 Å². The number of phenolic OH excluding ortho intramolecular Hbond substituents is 1. The Balaban J connectivity index is 1.57. The van der Waals surface area contributed by atoms with Crippen molar-refractivity contribution in [1.29, 1.82) is 0 Å². The molecule has 0 saturated carbocycles. The molecule has 1 aliphatic rings. The standard InChI is InChI=1S/C16H18ClN3O/c17-14-11-13(4-5-15(14)21)19-12-6-9-20(10-7-12)16-3-1-2-8-18-16/h1-5,8,11-12,19,21H,6-7,9-10H2. The molecule has 0 unspecified atom stereocenters. The van der Waals surface area contributed by atoms with Crippen LogP contribution in [0.25, 0.3) is 0 Å². The molecule has 21 heavy (non-hydrogen) atoms. The Morgan fingerprint density at radius 3 is 2.67 bits per heavy atom. The highest BCUT2D eigenvalue weighted by Crippen LogP contribution is 2.27. The topological polar surface area (TPSA) is 48.4 Å². The molecule has 2 aromatic rings. The molecule has 0 amide bonds. The number of rotatable bonds is 3. The number of benzene rings is 1. The third-order valence-electron chi connectivity index (χ3n) is 3.79. The molecule has 0 bridgehead atoms. The summed E-state index contributed by atoms with van der Waals surface area (Å²) in [6.07, 6.45) is 3.93. The summed E-state index contributed by atoms with van der Waals surface area (Å²) in [5, 5.41) is 13.3. The van der Waals surface area contributed by atoms with Crippen molar-refractivity contribution in [2.75, 3.05) is 23.3 Å². The van der Waals surface area contributed by atoms with Crippen molar-refractivity contribution in [2.45, 2.75) is 18.9 Å². The lowest BCUT2D eigenvalue weighted by molar-refractivity contribution is 0.475. The molecular formula is C16H18ClN3O. The van der Waals surface area contributed by atoms with Crippen molar-refractivity contribution >= 4 is 23.1 Å². The summed E-state index contributed by atoms with van der Waals surface area (Å²) in [6, 6.07) is 11.7. The van der Waals surface area contributed by atoms with Crippen LogP contribution >= 0.6 is 11.6 Å². The smallest absolute Gasteiger partial charge is 0.134 e. The normalized spacial score (nSPS) is 16.0. The summed E-state index contributed by atoms with van der Waals surface area (Å²) in [4.78, 5) is 6.70. The van der Waals surface area contributed by atoms with Crippen LogP contribution in [0.2, 0.25) is 5.02 Å². The van der Waals surface area contributed by atoms with E-state index in [4.69, 9.17) is 11.6 Å². The number of hydrogen-bond acceptors (Lipinski definition) is 4. The third kappa shape index (κ3) is 3.39. The van der Waals surface area contributed by atoms with Gasteiger partial charge in [0.15, 0.2) is 0 Å². The fourth-order valence-corrected chi connectivity index (χ4v) is 2.81. The number of halogens is 1. The summed E-state index contributed by atoms with van der Waals surface area (Å²) in [5.41, 5.74) is 0.953. The minimum absolute atomic E-state index is 0.118. The van der Waals surface area contributed by atoms with Gasteiger partial charge in [-0.05, 0) is 43.2 Å². The summed E-state index contributed by atoms with van der Waals surface area (Å²) in [6.45, 7) is 1.97. The van der Waals surface area contributed by atoms with E-state index >= 15 is 0 Å². The molecule has 0 radical (unpaired) electrons. The second kappa shape index (κ2) is 6.22. The maximum atomic E-state index is 9.44. The molecule has 4 nitrogen and oxygen atoms in total. The van der Waals surface area contributed by atoms with E-state index in [0.29, 0.717) is 11.1 Å². The Bertz CT molecular complexity index is 598. The molecule has 2 heterocycles. The van der Waals surface area contributed by atoms with Crippen molar-refractivity contribution in [3.63, 3.8) is 0 Å². The van der Waals surface area contributed by atoms with Gasteiger partial charge in [-0.3, -0.25) is 0 Å². The minimum atomic E-state index is 0.118. The van der Waals surface area contributed by atoms with Crippen LogP contribution in [0.5, 0.6) is 5.75 Å². The summed E-state index contributed by atoms with van der Waals surface area (Å²) in [7, 11) is 0. The van der Waals surface area contributed by atoms with Gasteiger partial charge >= 0.3 is 0 Å². The third-order valence-corrected chi connectivity index (χ3v) is 4.09. The van der Waals surface area contributed by atoms with Crippen LogP contribution in [0.3, 0.4) is 0 Å². The van der Waals surface area contributed by atoms with Crippen molar-refractivity contribution in [3.8, 4) is 5.75 Å². The Labute approximate surface area is 129 Å². The maximum absolute atomic E-state index is 9.44. The first-order valence-electron chi connectivity index (χ1n) is 7.13. The van der Waals surface area contributed by atoms with Crippen LogP contribution < -0.4 is 10.2 Å². The minimum Gasteiger partial charge on any atom is -0.506 e. The molecule has 1 saturated heterocycles. The van der Waals surface area contributed by atoms with E-state index in [9.17, 15) is 5.11 Å². The Morgan fingerprint density at radius 1 is 1.19 bits per heavy atom. The number of hydrogen-bond donors (Lipinski definition) is 2. The fourth-order valence-electron chi connectivity index (χ4n) is 2.63. The molecule has 2 N–H and O–H groups in total. The molecule has 1 aliphatic heterocycles. The number of anilines is 2. The Kier molecular flexibility index (Phi) is 4.15. The molecule has 110 valence electrons. The van der Waals surface area contributed by atoms with Gasteiger partial charge in [-0.25, -0.2) is 4.98 Å². The van der Waals surface area contributed by atoms with E-state index in [1.807, 2.05) is 30.5 Å². The quantitative estimate of drug-likeness (QED) is 0.852. The average molecular weight is 304 g/mol. The first kappa shape index (κ1) is 14.0. The molecule has 0 atom stereocenters. The SMILES string of the molecule is Oc1ccc(NC2CCN(c3ccccn3)CC2)cc1Cl. The molecule has 1 aromatic heterocycles. The molecule has 3 rings (SSSR count). The van der Waals surface area contributed by atoms with E-state index in [2.05, 4.69) is 15.2 Å². The average Bonchev–Trinajstić information content (AvgIpc) is 2.53. The number of piperidine rings is 1. The summed E-state index contributed by atoms with van der Waals surface area (Å²) < 4.78 is 0. The van der Waals surface area contributed by atoms with E-state index < -0.39 is 0 Å². The zero-order valence-electron chi connectivity index (χ0n) is 11.7. The van der Waals surface area contributed by atoms with Crippen molar-refractivity contribution in [2.24, 2.45) is 0 Å². The summed E-state index contributed by atoms with van der Waals surface area (Å²) >= 11 is 5.93. The largest absolute Gasteiger partial charge is 0.506 e. The predicted octanol–water partition coefficient (Wildman–Crippen LogP) is 3.52. The predicted molar refractivity (Wildman–Crippen MR) is 86.2 cm³/mol. The lowest BCUT2D eigenvalue weighted by atomic mass is 10.0. The second-order valence-corrected chi connectivity index (χ2v) is 5.67. The van der Waals surface area contributed by atoms with Gasteiger partial charge in [-0.1, -0.05) is 17.7 Å². The second-order valence-electron chi connectivity index (χ2n) is 5.26. The molecule has 0 spiro atoms. The van der Waals surface area contributed by atoms with Crippen LogP contribution in [0.15, 0.2) is 42.6 Å². The van der Waals surface area contributed by atoms with Gasteiger partial charge in [0, 0.05) is 31.0 Å². The van der Waals surface area contributed by atoms with Gasteiger partial charge < -0.3 is 15.3 Å². The van der Waals surface area contributed by atoms with E-state index in [1.165, 1.54) is 0 Å². The molecule has 5 heteroatoms. The lowest BCUT2D eigenvalue weighted by Gasteiger charge is -2.33. The van der Waals surface area contributed by atoms with Gasteiger partial charge in [0.25, 0.3) is 0 Å². The molecule has 1 aromatic carbocycles.